The fraction of sp³-hybridized carbons (Fsp3) is 0.400. The molecule has 1 aliphatic rings. The lowest BCUT2D eigenvalue weighted by atomic mass is 9.86. The number of hydrogen-bond donors (Lipinski definition) is 2. The maximum absolute atomic E-state index is 13.8. The predicted octanol–water partition coefficient (Wildman–Crippen LogP) is 2.90. The zero-order valence-corrected chi connectivity index (χ0v) is 16.7. The molecule has 0 saturated carbocycles. The van der Waals surface area contributed by atoms with Gasteiger partial charge in [0, 0.05) is 25.3 Å². The van der Waals surface area contributed by atoms with Gasteiger partial charge in [-0.05, 0) is 55.0 Å². The van der Waals surface area contributed by atoms with E-state index in [1.165, 1.54) is 4.90 Å². The molecule has 0 radical (unpaired) electrons. The first-order chi connectivity index (χ1) is 15.1. The van der Waals surface area contributed by atoms with Crippen molar-refractivity contribution in [2.24, 2.45) is 11.7 Å². The number of nitrogens with two attached hydrogens (primary N) is 1. The predicted molar refractivity (Wildman–Crippen MR) is 102 cm³/mol. The van der Waals surface area contributed by atoms with Gasteiger partial charge in [-0.1, -0.05) is 0 Å². The van der Waals surface area contributed by atoms with Crippen molar-refractivity contribution in [3.63, 3.8) is 0 Å². The van der Waals surface area contributed by atoms with E-state index in [-0.39, 0.29) is 43.2 Å². The Morgan fingerprint density at radius 3 is 2.47 bits per heavy atom. The Morgan fingerprint density at radius 1 is 1.25 bits per heavy atom. The van der Waals surface area contributed by atoms with E-state index < -0.39 is 35.6 Å². The summed E-state index contributed by atoms with van der Waals surface area (Å²) in [7, 11) is 0. The minimum atomic E-state index is -4.73. The molecule has 174 valence electrons. The molecular formula is C20H21F5N4O3. The fourth-order valence-corrected chi connectivity index (χ4v) is 3.43. The number of nitrogens with zero attached hydrogens (tertiary/aromatic N) is 3. The SMILES string of the molecule is NC(Cc1cc(F)ccc1F)C1CCN(C(=O)c2ccnc(C(F)(F)F)n2)CC1.O=CO. The van der Waals surface area contributed by atoms with Gasteiger partial charge in [-0.15, -0.1) is 0 Å². The van der Waals surface area contributed by atoms with Gasteiger partial charge in [-0.2, -0.15) is 13.2 Å². The molecule has 1 aliphatic heterocycles. The lowest BCUT2D eigenvalue weighted by Crippen LogP contribution is -2.44. The second-order valence-corrected chi connectivity index (χ2v) is 7.10. The van der Waals surface area contributed by atoms with Gasteiger partial charge in [0.05, 0.1) is 0 Å². The summed E-state index contributed by atoms with van der Waals surface area (Å²) in [4.78, 5) is 28.7. The number of benzene rings is 1. The molecule has 1 fully saturated rings. The zero-order chi connectivity index (χ0) is 23.9. The van der Waals surface area contributed by atoms with Crippen LogP contribution in [0, 0.1) is 17.6 Å². The molecule has 1 atom stereocenters. The van der Waals surface area contributed by atoms with E-state index in [0.717, 1.165) is 30.5 Å². The highest BCUT2D eigenvalue weighted by Gasteiger charge is 2.36. The Kier molecular flexibility index (Phi) is 8.58. The van der Waals surface area contributed by atoms with Crippen LogP contribution in [0.15, 0.2) is 30.5 Å². The largest absolute Gasteiger partial charge is 0.483 e. The van der Waals surface area contributed by atoms with Crippen LogP contribution >= 0.6 is 0 Å². The molecule has 7 nitrogen and oxygen atoms in total. The number of likely N-dealkylation sites (tertiary alicyclic amines) is 1. The molecule has 12 heteroatoms. The summed E-state index contributed by atoms with van der Waals surface area (Å²) >= 11 is 0. The third-order valence-electron chi connectivity index (χ3n) is 5.02. The van der Waals surface area contributed by atoms with Gasteiger partial charge in [0.15, 0.2) is 0 Å². The van der Waals surface area contributed by atoms with E-state index in [1.807, 2.05) is 0 Å². The fourth-order valence-electron chi connectivity index (χ4n) is 3.43. The number of carbonyl (C=O) groups is 2. The number of aromatic nitrogens is 2. The highest BCUT2D eigenvalue weighted by Crippen LogP contribution is 2.27. The quantitative estimate of drug-likeness (QED) is 0.537. The molecule has 2 aromatic rings. The number of carbonyl (C=O) groups excluding carboxylic acids is 1. The number of rotatable bonds is 4. The van der Waals surface area contributed by atoms with Crippen LogP contribution in [0.4, 0.5) is 22.0 Å². The zero-order valence-electron chi connectivity index (χ0n) is 16.7. The smallest absolute Gasteiger partial charge is 0.451 e. The van der Waals surface area contributed by atoms with Crippen LogP contribution in [0.2, 0.25) is 0 Å². The Morgan fingerprint density at radius 2 is 1.88 bits per heavy atom. The van der Waals surface area contributed by atoms with Crippen LogP contribution in [-0.4, -0.2) is 51.5 Å². The van der Waals surface area contributed by atoms with Gasteiger partial charge in [0.25, 0.3) is 12.4 Å². The number of piperidine rings is 1. The first-order valence-electron chi connectivity index (χ1n) is 9.53. The number of hydrogen-bond acceptors (Lipinski definition) is 5. The summed E-state index contributed by atoms with van der Waals surface area (Å²) in [6, 6.07) is 3.91. The Labute approximate surface area is 180 Å². The van der Waals surface area contributed by atoms with Gasteiger partial charge in [0.2, 0.25) is 5.82 Å². The lowest BCUT2D eigenvalue weighted by Gasteiger charge is -2.34. The van der Waals surface area contributed by atoms with Crippen molar-refractivity contribution in [2.45, 2.75) is 31.5 Å². The van der Waals surface area contributed by atoms with Gasteiger partial charge >= 0.3 is 6.18 Å². The molecule has 1 unspecified atom stereocenters. The van der Waals surface area contributed by atoms with E-state index >= 15 is 0 Å². The van der Waals surface area contributed by atoms with Crippen LogP contribution < -0.4 is 5.73 Å². The molecule has 1 aromatic heterocycles. The van der Waals surface area contributed by atoms with Gasteiger partial charge in [-0.25, -0.2) is 18.7 Å². The van der Waals surface area contributed by atoms with E-state index in [4.69, 9.17) is 15.6 Å². The summed E-state index contributed by atoms with van der Waals surface area (Å²) in [6.07, 6.45) is -2.67. The topological polar surface area (TPSA) is 109 Å². The summed E-state index contributed by atoms with van der Waals surface area (Å²) in [5.74, 6) is -3.08. The average Bonchev–Trinajstić information content (AvgIpc) is 2.76. The van der Waals surface area contributed by atoms with Crippen LogP contribution in [0.5, 0.6) is 0 Å². The first-order valence-corrected chi connectivity index (χ1v) is 9.53. The molecular weight excluding hydrogens is 439 g/mol. The van der Waals surface area contributed by atoms with E-state index in [9.17, 15) is 26.7 Å². The molecule has 0 spiro atoms. The van der Waals surface area contributed by atoms with Crippen molar-refractivity contribution in [2.75, 3.05) is 13.1 Å². The molecule has 0 aliphatic carbocycles. The van der Waals surface area contributed by atoms with Crippen molar-refractivity contribution < 1.29 is 36.6 Å². The third-order valence-corrected chi connectivity index (χ3v) is 5.02. The highest BCUT2D eigenvalue weighted by molar-refractivity contribution is 5.92. The normalized spacial score (nSPS) is 15.5. The van der Waals surface area contributed by atoms with Crippen LogP contribution in [-0.2, 0) is 17.4 Å². The van der Waals surface area contributed by atoms with Crippen molar-refractivity contribution in [3.8, 4) is 0 Å². The number of amides is 1. The second kappa shape index (κ2) is 10.9. The third kappa shape index (κ3) is 6.67. The maximum atomic E-state index is 13.8. The molecule has 1 amide bonds. The summed E-state index contributed by atoms with van der Waals surface area (Å²) in [5.41, 5.74) is 6.03. The van der Waals surface area contributed by atoms with E-state index in [0.29, 0.717) is 12.8 Å². The molecule has 3 N–H and O–H groups in total. The number of carboxylic acid groups (broad SMARTS) is 1. The van der Waals surface area contributed by atoms with E-state index in [2.05, 4.69) is 9.97 Å². The maximum Gasteiger partial charge on any atom is 0.451 e. The Hall–Kier alpha value is -3.15. The molecule has 1 saturated heterocycles. The average molecular weight is 460 g/mol. The molecule has 0 bridgehead atoms. The summed E-state index contributed by atoms with van der Waals surface area (Å²) < 4.78 is 65.3. The van der Waals surface area contributed by atoms with E-state index in [1.54, 1.807) is 0 Å². The van der Waals surface area contributed by atoms with Crippen molar-refractivity contribution in [3.05, 3.63) is 59.2 Å². The monoisotopic (exact) mass is 460 g/mol. The standard InChI is InChI=1S/C19H19F5N4O.CH2O2/c20-13-1-2-14(21)12(9-13)10-15(25)11-4-7-28(8-5-11)17(29)16-3-6-26-18(27-16)19(22,23)24;2-1-3/h1-3,6,9,11,15H,4-5,7-8,10,25H2;1H,(H,2,3). The van der Waals surface area contributed by atoms with Crippen molar-refractivity contribution in [1.82, 2.24) is 14.9 Å². The number of halogens is 5. The summed E-state index contributed by atoms with van der Waals surface area (Å²) in [6.45, 7) is 0.322. The Bertz CT molecular complexity index is 934. The molecule has 1 aromatic carbocycles. The summed E-state index contributed by atoms with van der Waals surface area (Å²) in [5, 5.41) is 6.89. The first kappa shape index (κ1) is 25.1. The molecule has 3 rings (SSSR count). The van der Waals surface area contributed by atoms with Crippen LogP contribution in [0.1, 0.15) is 34.7 Å². The van der Waals surface area contributed by atoms with Gasteiger partial charge < -0.3 is 15.7 Å². The molecule has 32 heavy (non-hydrogen) atoms. The molecule has 2 heterocycles. The second-order valence-electron chi connectivity index (χ2n) is 7.10. The Balaban J connectivity index is 0.00000114. The minimum absolute atomic E-state index is 0.0298. The van der Waals surface area contributed by atoms with Crippen LogP contribution in [0.3, 0.4) is 0 Å². The van der Waals surface area contributed by atoms with Crippen LogP contribution in [0.25, 0.3) is 0 Å². The van der Waals surface area contributed by atoms with Gasteiger partial charge in [0.1, 0.15) is 17.3 Å². The van der Waals surface area contributed by atoms with Gasteiger partial charge in [-0.3, -0.25) is 9.59 Å². The number of alkyl halides is 3. The minimum Gasteiger partial charge on any atom is -0.483 e. The lowest BCUT2D eigenvalue weighted by molar-refractivity contribution is -0.145. The highest BCUT2D eigenvalue weighted by atomic mass is 19.4. The van der Waals surface area contributed by atoms with Crippen molar-refractivity contribution >= 4 is 12.4 Å². The van der Waals surface area contributed by atoms with Crippen molar-refractivity contribution in [1.29, 1.82) is 0 Å².